The van der Waals surface area contributed by atoms with Crippen molar-refractivity contribution in [2.75, 3.05) is 11.9 Å². The maximum atomic E-state index is 6.36. The third-order valence-electron chi connectivity index (χ3n) is 3.13. The van der Waals surface area contributed by atoms with Crippen LogP contribution in [0.15, 0.2) is 24.7 Å². The highest BCUT2D eigenvalue weighted by atomic mass is 35.5. The lowest BCUT2D eigenvalue weighted by molar-refractivity contribution is 0.588. The molecule has 2 aromatic heterocycles. The Bertz CT molecular complexity index is 593. The standard InChI is InChI=1S/C15H22ClN5/c1-11(2)17-6-12-5-14(16)15(18-7-12)20(3)9-13-8-19-21(4)10-13/h5,7-8,10-11,17H,6,9H2,1-4H3. The highest BCUT2D eigenvalue weighted by molar-refractivity contribution is 6.33. The fraction of sp³-hybridized carbons (Fsp3) is 0.467. The van der Waals surface area contributed by atoms with Crippen molar-refractivity contribution in [2.24, 2.45) is 7.05 Å². The number of halogens is 1. The van der Waals surface area contributed by atoms with E-state index in [1.54, 1.807) is 4.68 Å². The summed E-state index contributed by atoms with van der Waals surface area (Å²) >= 11 is 6.36. The summed E-state index contributed by atoms with van der Waals surface area (Å²) in [5.74, 6) is 0.786. The van der Waals surface area contributed by atoms with Crippen molar-refractivity contribution in [1.29, 1.82) is 0 Å². The van der Waals surface area contributed by atoms with Crippen molar-refractivity contribution in [3.05, 3.63) is 40.8 Å². The summed E-state index contributed by atoms with van der Waals surface area (Å²) in [6.07, 6.45) is 5.72. The van der Waals surface area contributed by atoms with Gasteiger partial charge in [0.25, 0.3) is 0 Å². The lowest BCUT2D eigenvalue weighted by Gasteiger charge is -2.19. The molecule has 2 rings (SSSR count). The van der Waals surface area contributed by atoms with Crippen LogP contribution in [0, 0.1) is 0 Å². The van der Waals surface area contributed by atoms with Crippen molar-refractivity contribution >= 4 is 17.4 Å². The second-order valence-electron chi connectivity index (χ2n) is 5.56. The molecule has 0 fully saturated rings. The minimum atomic E-state index is 0.441. The molecule has 114 valence electrons. The molecule has 0 aliphatic heterocycles. The second-order valence-corrected chi connectivity index (χ2v) is 5.97. The lowest BCUT2D eigenvalue weighted by Crippen LogP contribution is -2.22. The van der Waals surface area contributed by atoms with E-state index >= 15 is 0 Å². The smallest absolute Gasteiger partial charge is 0.147 e. The molecule has 0 atom stereocenters. The number of nitrogens with zero attached hydrogens (tertiary/aromatic N) is 4. The molecule has 0 saturated heterocycles. The van der Waals surface area contributed by atoms with Gasteiger partial charge in [-0.05, 0) is 11.6 Å². The van der Waals surface area contributed by atoms with Crippen LogP contribution in [0.2, 0.25) is 5.02 Å². The summed E-state index contributed by atoms with van der Waals surface area (Å²) in [6.45, 7) is 5.73. The average Bonchev–Trinajstić information content (AvgIpc) is 2.81. The van der Waals surface area contributed by atoms with Gasteiger partial charge >= 0.3 is 0 Å². The van der Waals surface area contributed by atoms with E-state index in [4.69, 9.17) is 11.6 Å². The number of pyridine rings is 1. The molecule has 2 aromatic rings. The number of aryl methyl sites for hydroxylation is 1. The third-order valence-corrected chi connectivity index (χ3v) is 3.41. The Kier molecular flexibility index (Phi) is 5.20. The Balaban J connectivity index is 2.05. The van der Waals surface area contributed by atoms with Gasteiger partial charge < -0.3 is 10.2 Å². The Hall–Kier alpha value is -1.59. The second kappa shape index (κ2) is 6.91. The van der Waals surface area contributed by atoms with Crippen LogP contribution in [-0.4, -0.2) is 27.9 Å². The maximum Gasteiger partial charge on any atom is 0.147 e. The Morgan fingerprint density at radius 3 is 2.67 bits per heavy atom. The van der Waals surface area contributed by atoms with Crippen molar-refractivity contribution in [3.63, 3.8) is 0 Å². The van der Waals surface area contributed by atoms with Gasteiger partial charge in [0.2, 0.25) is 0 Å². The van der Waals surface area contributed by atoms with Gasteiger partial charge in [-0.3, -0.25) is 4.68 Å². The fourth-order valence-corrected chi connectivity index (χ4v) is 2.41. The number of hydrogen-bond donors (Lipinski definition) is 1. The number of aromatic nitrogens is 3. The normalized spacial score (nSPS) is 11.1. The molecule has 0 aliphatic rings. The Labute approximate surface area is 130 Å². The van der Waals surface area contributed by atoms with Crippen LogP contribution in [0.5, 0.6) is 0 Å². The molecule has 0 saturated carbocycles. The van der Waals surface area contributed by atoms with Crippen LogP contribution in [0.25, 0.3) is 0 Å². The lowest BCUT2D eigenvalue weighted by atomic mass is 10.2. The summed E-state index contributed by atoms with van der Waals surface area (Å²) in [6, 6.07) is 2.41. The van der Waals surface area contributed by atoms with Gasteiger partial charge in [0.1, 0.15) is 5.82 Å². The largest absolute Gasteiger partial charge is 0.354 e. The van der Waals surface area contributed by atoms with Crippen molar-refractivity contribution < 1.29 is 0 Å². The fourth-order valence-electron chi connectivity index (χ4n) is 2.07. The molecular weight excluding hydrogens is 286 g/mol. The molecule has 5 nitrogen and oxygen atoms in total. The first-order chi connectivity index (χ1) is 9.95. The minimum absolute atomic E-state index is 0.441. The quantitative estimate of drug-likeness (QED) is 0.891. The number of anilines is 1. The van der Waals surface area contributed by atoms with Gasteiger partial charge in [0.05, 0.1) is 11.2 Å². The van der Waals surface area contributed by atoms with Crippen LogP contribution < -0.4 is 10.2 Å². The first-order valence-corrected chi connectivity index (χ1v) is 7.40. The van der Waals surface area contributed by atoms with Gasteiger partial charge in [-0.2, -0.15) is 5.10 Å². The molecule has 0 bridgehead atoms. The molecule has 0 amide bonds. The minimum Gasteiger partial charge on any atom is -0.354 e. The van der Waals surface area contributed by atoms with E-state index in [0.717, 1.165) is 30.0 Å². The van der Waals surface area contributed by atoms with E-state index in [-0.39, 0.29) is 0 Å². The SMILES string of the molecule is CC(C)NCc1cnc(N(C)Cc2cnn(C)c2)c(Cl)c1. The van der Waals surface area contributed by atoms with E-state index in [2.05, 4.69) is 29.2 Å². The van der Waals surface area contributed by atoms with Crippen molar-refractivity contribution in [1.82, 2.24) is 20.1 Å². The van der Waals surface area contributed by atoms with Crippen LogP contribution in [0.4, 0.5) is 5.82 Å². The van der Waals surface area contributed by atoms with E-state index in [1.165, 1.54) is 0 Å². The predicted octanol–water partition coefficient (Wildman–Crippen LogP) is 2.60. The molecule has 6 heteroatoms. The molecule has 0 aromatic carbocycles. The van der Waals surface area contributed by atoms with Crippen molar-refractivity contribution in [2.45, 2.75) is 33.0 Å². The highest BCUT2D eigenvalue weighted by Gasteiger charge is 2.10. The monoisotopic (exact) mass is 307 g/mol. The van der Waals surface area contributed by atoms with E-state index in [9.17, 15) is 0 Å². The van der Waals surface area contributed by atoms with Gasteiger partial charge in [0.15, 0.2) is 0 Å². The van der Waals surface area contributed by atoms with Crippen LogP contribution in [0.3, 0.4) is 0 Å². The number of hydrogen-bond acceptors (Lipinski definition) is 4. The molecule has 1 N–H and O–H groups in total. The van der Waals surface area contributed by atoms with E-state index in [0.29, 0.717) is 11.1 Å². The summed E-state index contributed by atoms with van der Waals surface area (Å²) in [5.41, 5.74) is 2.22. The molecule has 0 unspecified atom stereocenters. The topological polar surface area (TPSA) is 46.0 Å². The van der Waals surface area contributed by atoms with Gasteiger partial charge in [0, 0.05) is 51.2 Å². The first kappa shape index (κ1) is 15.8. The van der Waals surface area contributed by atoms with Crippen LogP contribution in [-0.2, 0) is 20.1 Å². The predicted molar refractivity (Wildman–Crippen MR) is 86.5 cm³/mol. The molecule has 0 spiro atoms. The number of nitrogens with one attached hydrogen (secondary N) is 1. The first-order valence-electron chi connectivity index (χ1n) is 7.02. The molecule has 0 aliphatic carbocycles. The molecular formula is C15H22ClN5. The Morgan fingerprint density at radius 2 is 2.10 bits per heavy atom. The maximum absolute atomic E-state index is 6.36. The molecule has 21 heavy (non-hydrogen) atoms. The van der Waals surface area contributed by atoms with Crippen LogP contribution in [0.1, 0.15) is 25.0 Å². The van der Waals surface area contributed by atoms with Crippen LogP contribution >= 0.6 is 11.6 Å². The van der Waals surface area contributed by atoms with Gasteiger partial charge in [-0.15, -0.1) is 0 Å². The van der Waals surface area contributed by atoms with E-state index in [1.807, 2.05) is 43.7 Å². The molecule has 2 heterocycles. The summed E-state index contributed by atoms with van der Waals surface area (Å²) in [5, 5.41) is 8.20. The summed E-state index contributed by atoms with van der Waals surface area (Å²) in [4.78, 5) is 6.51. The third kappa shape index (κ3) is 4.44. The zero-order valence-electron chi connectivity index (χ0n) is 13.0. The molecule has 0 radical (unpaired) electrons. The Morgan fingerprint density at radius 1 is 1.33 bits per heavy atom. The van der Waals surface area contributed by atoms with Gasteiger partial charge in [-0.1, -0.05) is 25.4 Å². The number of rotatable bonds is 6. The zero-order chi connectivity index (χ0) is 15.4. The summed E-state index contributed by atoms with van der Waals surface area (Å²) < 4.78 is 1.79. The van der Waals surface area contributed by atoms with Crippen molar-refractivity contribution in [3.8, 4) is 0 Å². The van der Waals surface area contributed by atoms with E-state index < -0.39 is 0 Å². The summed E-state index contributed by atoms with van der Waals surface area (Å²) in [7, 11) is 3.89. The highest BCUT2D eigenvalue weighted by Crippen LogP contribution is 2.24. The average molecular weight is 308 g/mol. The zero-order valence-corrected chi connectivity index (χ0v) is 13.7. The van der Waals surface area contributed by atoms with Gasteiger partial charge in [-0.25, -0.2) is 4.98 Å².